The van der Waals surface area contributed by atoms with Crippen LogP contribution in [0.3, 0.4) is 0 Å². The quantitative estimate of drug-likeness (QED) is 0.731. The molecule has 0 heterocycles. The van der Waals surface area contributed by atoms with Crippen molar-refractivity contribution < 1.29 is 0 Å². The predicted octanol–water partition coefficient (Wildman–Crippen LogP) is 4.36. The third-order valence-corrected chi connectivity index (χ3v) is 8.50. The SMILES string of the molecule is CC(C)C1=Cc2c(-c3ccc([Si](C)(C)C)cc3)cccc2C1[SiH3]. The van der Waals surface area contributed by atoms with E-state index in [1.807, 2.05) is 0 Å². The fourth-order valence-electron chi connectivity index (χ4n) is 3.66. The van der Waals surface area contributed by atoms with Crippen LogP contribution in [-0.2, 0) is 0 Å². The highest BCUT2D eigenvalue weighted by Gasteiger charge is 2.25. The van der Waals surface area contributed by atoms with E-state index in [9.17, 15) is 0 Å². The van der Waals surface area contributed by atoms with Gasteiger partial charge in [-0.2, -0.15) is 0 Å². The van der Waals surface area contributed by atoms with Gasteiger partial charge in [0.15, 0.2) is 0 Å². The topological polar surface area (TPSA) is 0 Å². The van der Waals surface area contributed by atoms with Crippen LogP contribution in [0, 0.1) is 5.92 Å². The molecule has 1 atom stereocenters. The van der Waals surface area contributed by atoms with Crippen molar-refractivity contribution in [3.63, 3.8) is 0 Å². The van der Waals surface area contributed by atoms with E-state index in [4.69, 9.17) is 0 Å². The summed E-state index contributed by atoms with van der Waals surface area (Å²) < 4.78 is 0. The molecule has 0 saturated carbocycles. The van der Waals surface area contributed by atoms with Gasteiger partial charge in [0.2, 0.25) is 0 Å². The van der Waals surface area contributed by atoms with E-state index in [-0.39, 0.29) is 0 Å². The smallest absolute Gasteiger partial charge is 0.0656 e. The highest BCUT2D eigenvalue weighted by atomic mass is 28.3. The van der Waals surface area contributed by atoms with E-state index in [0.29, 0.717) is 11.5 Å². The van der Waals surface area contributed by atoms with Crippen molar-refractivity contribution in [2.75, 3.05) is 0 Å². The average molecular weight is 337 g/mol. The Morgan fingerprint density at radius 3 is 2.17 bits per heavy atom. The molecule has 2 aromatic carbocycles. The molecule has 0 amide bonds. The molecule has 1 aliphatic carbocycles. The molecule has 1 unspecified atom stereocenters. The van der Waals surface area contributed by atoms with Crippen molar-refractivity contribution in [2.24, 2.45) is 5.92 Å². The molecule has 1 aliphatic rings. The number of hydrogen-bond donors (Lipinski definition) is 0. The molecule has 0 radical (unpaired) electrons. The van der Waals surface area contributed by atoms with Gasteiger partial charge in [-0.25, -0.2) is 0 Å². The van der Waals surface area contributed by atoms with Crippen LogP contribution in [0.15, 0.2) is 48.0 Å². The minimum atomic E-state index is -1.22. The second-order valence-corrected chi connectivity index (χ2v) is 14.4. The molecule has 0 spiro atoms. The van der Waals surface area contributed by atoms with Crippen LogP contribution < -0.4 is 5.19 Å². The van der Waals surface area contributed by atoms with E-state index in [2.05, 4.69) is 82.0 Å². The molecule has 23 heavy (non-hydrogen) atoms. The van der Waals surface area contributed by atoms with Crippen LogP contribution in [0.2, 0.25) is 19.6 Å². The van der Waals surface area contributed by atoms with E-state index >= 15 is 0 Å². The summed E-state index contributed by atoms with van der Waals surface area (Å²) in [6.45, 7) is 11.9. The Morgan fingerprint density at radius 2 is 1.61 bits per heavy atom. The maximum absolute atomic E-state index is 2.47. The van der Waals surface area contributed by atoms with Crippen molar-refractivity contribution in [3.05, 3.63) is 59.2 Å². The molecule has 2 heteroatoms. The van der Waals surface area contributed by atoms with E-state index in [1.54, 1.807) is 11.1 Å². The predicted molar refractivity (Wildman–Crippen MR) is 110 cm³/mol. The minimum absolute atomic E-state index is 0.645. The van der Waals surface area contributed by atoms with Crippen molar-refractivity contribution in [2.45, 2.75) is 39.0 Å². The van der Waals surface area contributed by atoms with Gasteiger partial charge >= 0.3 is 0 Å². The normalized spacial score (nSPS) is 17.5. The molecule has 0 bridgehead atoms. The minimum Gasteiger partial charge on any atom is -0.0656 e. The van der Waals surface area contributed by atoms with Gasteiger partial charge in [-0.15, -0.1) is 0 Å². The summed E-state index contributed by atoms with van der Waals surface area (Å²) in [6.07, 6.45) is 2.47. The molecular formula is C21H28Si2. The maximum atomic E-state index is 2.47. The molecule has 120 valence electrons. The van der Waals surface area contributed by atoms with E-state index < -0.39 is 8.07 Å². The van der Waals surface area contributed by atoms with Crippen molar-refractivity contribution in [1.82, 2.24) is 0 Å². The molecule has 0 saturated heterocycles. The Labute approximate surface area is 145 Å². The average Bonchev–Trinajstić information content (AvgIpc) is 2.84. The Kier molecular flexibility index (Phi) is 4.24. The van der Waals surface area contributed by atoms with Gasteiger partial charge in [0.25, 0.3) is 0 Å². The van der Waals surface area contributed by atoms with Gasteiger partial charge in [-0.3, -0.25) is 0 Å². The Morgan fingerprint density at radius 1 is 0.957 bits per heavy atom. The van der Waals surface area contributed by atoms with Gasteiger partial charge in [0, 0.05) is 10.2 Å². The highest BCUT2D eigenvalue weighted by Crippen LogP contribution is 2.42. The molecule has 0 aromatic heterocycles. The molecule has 0 fully saturated rings. The number of benzene rings is 2. The first kappa shape index (κ1) is 16.5. The van der Waals surface area contributed by atoms with Gasteiger partial charge in [0.1, 0.15) is 0 Å². The van der Waals surface area contributed by atoms with Crippen LogP contribution in [0.5, 0.6) is 0 Å². The van der Waals surface area contributed by atoms with E-state index in [0.717, 1.165) is 0 Å². The zero-order valence-corrected chi connectivity index (χ0v) is 18.3. The van der Waals surface area contributed by atoms with Crippen LogP contribution in [-0.4, -0.2) is 18.3 Å². The number of rotatable bonds is 3. The summed E-state index contributed by atoms with van der Waals surface area (Å²) in [5.74, 6) is 0.645. The first-order valence-corrected chi connectivity index (χ1v) is 13.4. The molecular weight excluding hydrogens is 308 g/mol. The molecule has 0 nitrogen and oxygen atoms in total. The summed E-state index contributed by atoms with van der Waals surface area (Å²) >= 11 is 0. The van der Waals surface area contributed by atoms with Crippen LogP contribution in [0.1, 0.15) is 30.5 Å². The lowest BCUT2D eigenvalue weighted by molar-refractivity contribution is 0.746. The summed E-state index contributed by atoms with van der Waals surface area (Å²) in [6, 6.07) is 16.2. The van der Waals surface area contributed by atoms with E-state index in [1.165, 1.54) is 32.1 Å². The number of allylic oxidation sites excluding steroid dienone is 1. The lowest BCUT2D eigenvalue weighted by Crippen LogP contribution is -2.37. The molecule has 3 rings (SSSR count). The second-order valence-electron chi connectivity index (χ2n) is 8.16. The largest absolute Gasteiger partial charge is 0.0775 e. The Bertz CT molecular complexity index is 746. The standard InChI is InChI=1S/C21H28Si2/c1-14(2)19-13-20-17(7-6-8-18(20)21(19)22)15-9-11-16(12-10-15)23(3,4)5/h6-14,21H,1-5,22H3. The second kappa shape index (κ2) is 5.92. The molecule has 0 N–H and O–H groups in total. The van der Waals surface area contributed by atoms with Gasteiger partial charge in [0.05, 0.1) is 8.07 Å². The molecule has 0 aliphatic heterocycles. The van der Waals surface area contributed by atoms with Crippen LogP contribution in [0.25, 0.3) is 17.2 Å². The Hall–Kier alpha value is -1.39. The third-order valence-electron chi connectivity index (χ3n) is 5.15. The van der Waals surface area contributed by atoms with Crippen LogP contribution in [0.4, 0.5) is 0 Å². The third kappa shape index (κ3) is 3.02. The lowest BCUT2D eigenvalue weighted by atomic mass is 9.97. The van der Waals surface area contributed by atoms with Crippen molar-refractivity contribution >= 4 is 29.6 Å². The summed E-state index contributed by atoms with van der Waals surface area (Å²) in [4.78, 5) is 0. The first-order valence-electron chi connectivity index (χ1n) is 8.74. The van der Waals surface area contributed by atoms with Crippen molar-refractivity contribution in [1.29, 1.82) is 0 Å². The van der Waals surface area contributed by atoms with Gasteiger partial charge in [-0.1, -0.05) is 92.8 Å². The number of hydrogen-bond acceptors (Lipinski definition) is 0. The lowest BCUT2D eigenvalue weighted by Gasteiger charge is -2.17. The number of fused-ring (bicyclic) bond motifs is 1. The highest BCUT2D eigenvalue weighted by molar-refractivity contribution is 6.88. The zero-order valence-electron chi connectivity index (χ0n) is 15.3. The maximum Gasteiger partial charge on any atom is 0.0775 e. The molecule has 2 aromatic rings. The zero-order chi connectivity index (χ0) is 16.8. The van der Waals surface area contributed by atoms with Gasteiger partial charge < -0.3 is 0 Å². The summed E-state index contributed by atoms with van der Waals surface area (Å²) in [5, 5.41) is 1.54. The summed E-state index contributed by atoms with van der Waals surface area (Å²) in [7, 11) is -0.0207. The Balaban J connectivity index is 2.07. The monoisotopic (exact) mass is 336 g/mol. The summed E-state index contributed by atoms with van der Waals surface area (Å²) in [5.41, 5.74) is 8.09. The van der Waals surface area contributed by atoms with Crippen molar-refractivity contribution in [3.8, 4) is 11.1 Å². The fraction of sp³-hybridized carbons (Fsp3) is 0.333. The fourth-order valence-corrected chi connectivity index (χ4v) is 6.16. The van der Waals surface area contributed by atoms with Gasteiger partial charge in [-0.05, 0) is 33.7 Å². The van der Waals surface area contributed by atoms with Crippen LogP contribution >= 0.6 is 0 Å². The first-order chi connectivity index (χ1) is 10.8.